The molecule has 7 nitrogen and oxygen atoms in total. The summed E-state index contributed by atoms with van der Waals surface area (Å²) in [6.45, 7) is 5.73. The normalized spacial score (nSPS) is 17.2. The minimum absolute atomic E-state index is 0.0661. The van der Waals surface area contributed by atoms with Crippen molar-refractivity contribution in [2.75, 3.05) is 36.9 Å². The van der Waals surface area contributed by atoms with E-state index < -0.39 is 0 Å². The maximum atomic E-state index is 12.4. The van der Waals surface area contributed by atoms with Gasteiger partial charge in [0.1, 0.15) is 11.6 Å². The molecular weight excluding hydrogens is 354 g/mol. The van der Waals surface area contributed by atoms with E-state index in [1.807, 2.05) is 0 Å². The molecule has 1 saturated heterocycles. The number of nitrogen functional groups attached to an aromatic ring is 1. The van der Waals surface area contributed by atoms with Gasteiger partial charge < -0.3 is 15.8 Å². The second-order valence-corrected chi connectivity index (χ2v) is 8.01. The van der Waals surface area contributed by atoms with Crippen molar-refractivity contribution in [1.29, 1.82) is 0 Å². The molecule has 0 radical (unpaired) electrons. The van der Waals surface area contributed by atoms with Crippen molar-refractivity contribution < 1.29 is 9.53 Å². The van der Waals surface area contributed by atoms with E-state index in [9.17, 15) is 4.79 Å². The van der Waals surface area contributed by atoms with Crippen molar-refractivity contribution in [2.24, 2.45) is 5.92 Å². The SMILES string of the molecule is CCCCOc1nc(N)c2c(n1)N(CCCCCCC1CCNCC1)C(=O)C2. The second kappa shape index (κ2) is 10.6. The summed E-state index contributed by atoms with van der Waals surface area (Å²) in [5.41, 5.74) is 6.80. The predicted molar refractivity (Wildman–Crippen MR) is 112 cm³/mol. The number of hydrogen-bond donors (Lipinski definition) is 2. The van der Waals surface area contributed by atoms with Gasteiger partial charge >= 0.3 is 6.01 Å². The van der Waals surface area contributed by atoms with Crippen molar-refractivity contribution in [3.8, 4) is 6.01 Å². The fourth-order valence-electron chi connectivity index (χ4n) is 4.06. The van der Waals surface area contributed by atoms with E-state index in [0.717, 1.165) is 37.2 Å². The van der Waals surface area contributed by atoms with Gasteiger partial charge in [0.05, 0.1) is 13.0 Å². The summed E-state index contributed by atoms with van der Waals surface area (Å²) in [5, 5.41) is 3.43. The highest BCUT2D eigenvalue weighted by Crippen LogP contribution is 2.32. The molecule has 0 unspecified atom stereocenters. The first-order valence-corrected chi connectivity index (χ1v) is 11.0. The average Bonchev–Trinajstić information content (AvgIpc) is 3.02. The lowest BCUT2D eigenvalue weighted by Gasteiger charge is -2.22. The largest absolute Gasteiger partial charge is 0.463 e. The number of nitrogens with two attached hydrogens (primary N) is 1. The Kier molecular flexibility index (Phi) is 7.89. The lowest BCUT2D eigenvalue weighted by molar-refractivity contribution is -0.117. The van der Waals surface area contributed by atoms with Gasteiger partial charge in [0, 0.05) is 12.1 Å². The zero-order valence-corrected chi connectivity index (χ0v) is 17.2. The van der Waals surface area contributed by atoms with E-state index in [0.29, 0.717) is 31.2 Å². The van der Waals surface area contributed by atoms with Gasteiger partial charge in [-0.15, -0.1) is 0 Å². The lowest BCUT2D eigenvalue weighted by Crippen LogP contribution is -2.28. The molecule has 1 fully saturated rings. The van der Waals surface area contributed by atoms with Crippen molar-refractivity contribution >= 4 is 17.5 Å². The summed E-state index contributed by atoms with van der Waals surface area (Å²) < 4.78 is 5.61. The number of unbranched alkanes of at least 4 members (excludes halogenated alkanes) is 4. The summed E-state index contributed by atoms with van der Waals surface area (Å²) in [7, 11) is 0. The summed E-state index contributed by atoms with van der Waals surface area (Å²) in [4.78, 5) is 22.9. The predicted octanol–water partition coefficient (Wildman–Crippen LogP) is 3.08. The van der Waals surface area contributed by atoms with Crippen LogP contribution in [0.15, 0.2) is 0 Å². The molecule has 1 aromatic rings. The summed E-state index contributed by atoms with van der Waals surface area (Å²) in [6, 6.07) is 0.284. The van der Waals surface area contributed by atoms with Gasteiger partial charge in [0.2, 0.25) is 5.91 Å². The van der Waals surface area contributed by atoms with Gasteiger partial charge in [0.15, 0.2) is 0 Å². The van der Waals surface area contributed by atoms with Crippen LogP contribution < -0.4 is 20.7 Å². The van der Waals surface area contributed by atoms with E-state index in [4.69, 9.17) is 10.5 Å². The molecule has 1 amide bonds. The molecule has 0 aromatic carbocycles. The zero-order chi connectivity index (χ0) is 19.8. The van der Waals surface area contributed by atoms with Crippen LogP contribution >= 0.6 is 0 Å². The van der Waals surface area contributed by atoms with Gasteiger partial charge in [-0.2, -0.15) is 9.97 Å². The van der Waals surface area contributed by atoms with Crippen LogP contribution in [0.4, 0.5) is 11.6 Å². The molecule has 28 heavy (non-hydrogen) atoms. The topological polar surface area (TPSA) is 93.4 Å². The van der Waals surface area contributed by atoms with Gasteiger partial charge in [-0.25, -0.2) is 0 Å². The molecule has 2 aliphatic rings. The highest BCUT2D eigenvalue weighted by Gasteiger charge is 2.31. The smallest absolute Gasteiger partial charge is 0.320 e. The minimum Gasteiger partial charge on any atom is -0.463 e. The fourth-order valence-corrected chi connectivity index (χ4v) is 4.06. The summed E-state index contributed by atoms with van der Waals surface area (Å²) in [5.74, 6) is 1.99. The average molecular weight is 390 g/mol. The first-order chi connectivity index (χ1) is 13.7. The number of rotatable bonds is 11. The molecule has 3 rings (SSSR count). The molecule has 1 aromatic heterocycles. The quantitative estimate of drug-likeness (QED) is 0.565. The highest BCUT2D eigenvalue weighted by molar-refractivity contribution is 6.01. The van der Waals surface area contributed by atoms with Crippen LogP contribution in [0.2, 0.25) is 0 Å². The number of amides is 1. The number of nitrogens with one attached hydrogen (secondary N) is 1. The Labute approximate surface area is 168 Å². The van der Waals surface area contributed by atoms with Crippen molar-refractivity contribution in [3.63, 3.8) is 0 Å². The Balaban J connectivity index is 1.45. The van der Waals surface area contributed by atoms with Gasteiger partial charge in [-0.3, -0.25) is 9.69 Å². The Morgan fingerprint density at radius 3 is 2.71 bits per heavy atom. The van der Waals surface area contributed by atoms with Crippen LogP contribution in [0, 0.1) is 5.92 Å². The number of piperidine rings is 1. The number of carbonyl (C=O) groups excluding carboxylic acids is 1. The molecule has 0 aliphatic carbocycles. The minimum atomic E-state index is 0.0661. The van der Waals surface area contributed by atoms with Gasteiger partial charge in [-0.1, -0.05) is 39.0 Å². The van der Waals surface area contributed by atoms with Crippen LogP contribution in [0.25, 0.3) is 0 Å². The number of anilines is 2. The Morgan fingerprint density at radius 1 is 1.14 bits per heavy atom. The van der Waals surface area contributed by atoms with Crippen LogP contribution in [0.1, 0.15) is 70.3 Å². The van der Waals surface area contributed by atoms with Crippen molar-refractivity contribution in [3.05, 3.63) is 5.56 Å². The molecule has 7 heteroatoms. The van der Waals surface area contributed by atoms with Crippen molar-refractivity contribution in [1.82, 2.24) is 15.3 Å². The highest BCUT2D eigenvalue weighted by atomic mass is 16.5. The van der Waals surface area contributed by atoms with E-state index in [1.165, 1.54) is 45.2 Å². The number of fused-ring (bicyclic) bond motifs is 1. The summed E-state index contributed by atoms with van der Waals surface area (Å²) >= 11 is 0. The molecule has 156 valence electrons. The number of nitrogens with zero attached hydrogens (tertiary/aromatic N) is 3. The van der Waals surface area contributed by atoms with E-state index >= 15 is 0 Å². The van der Waals surface area contributed by atoms with E-state index in [2.05, 4.69) is 22.2 Å². The van der Waals surface area contributed by atoms with Crippen LogP contribution in [0.5, 0.6) is 6.01 Å². The maximum absolute atomic E-state index is 12.4. The molecule has 0 saturated carbocycles. The molecule has 0 bridgehead atoms. The van der Waals surface area contributed by atoms with Crippen molar-refractivity contribution in [2.45, 2.75) is 71.1 Å². The third-order valence-corrected chi connectivity index (χ3v) is 5.81. The molecule has 2 aliphatic heterocycles. The van der Waals surface area contributed by atoms with Crippen LogP contribution in [-0.2, 0) is 11.2 Å². The monoisotopic (exact) mass is 389 g/mol. The van der Waals surface area contributed by atoms with Crippen LogP contribution in [0.3, 0.4) is 0 Å². The molecule has 3 N–H and O–H groups in total. The zero-order valence-electron chi connectivity index (χ0n) is 17.2. The van der Waals surface area contributed by atoms with E-state index in [-0.39, 0.29) is 11.9 Å². The summed E-state index contributed by atoms with van der Waals surface area (Å²) in [6.07, 6.45) is 10.9. The van der Waals surface area contributed by atoms with Gasteiger partial charge in [0.25, 0.3) is 0 Å². The van der Waals surface area contributed by atoms with Crippen LogP contribution in [-0.4, -0.2) is 42.1 Å². The third-order valence-electron chi connectivity index (χ3n) is 5.81. The number of carbonyl (C=O) groups is 1. The Morgan fingerprint density at radius 2 is 1.93 bits per heavy atom. The standard InChI is InChI=1S/C21H35N5O2/c1-2-3-14-28-21-24-19(22)17-15-18(27)26(20(17)25-21)13-7-5-4-6-8-16-9-11-23-12-10-16/h16,23H,2-15H2,1H3,(H2,22,24,25). The van der Waals surface area contributed by atoms with E-state index in [1.54, 1.807) is 4.90 Å². The molecular formula is C21H35N5O2. The first-order valence-electron chi connectivity index (χ1n) is 11.0. The van der Waals surface area contributed by atoms with Gasteiger partial charge in [-0.05, 0) is 44.7 Å². The third kappa shape index (κ3) is 5.56. The number of hydrogen-bond acceptors (Lipinski definition) is 6. The number of ether oxygens (including phenoxy) is 1. The molecule has 3 heterocycles. The first kappa shape index (κ1) is 20.8. The second-order valence-electron chi connectivity index (χ2n) is 8.01. The Hall–Kier alpha value is -1.89. The fraction of sp³-hybridized carbons (Fsp3) is 0.762. The Bertz CT molecular complexity index is 646. The lowest BCUT2D eigenvalue weighted by atomic mass is 9.92. The maximum Gasteiger partial charge on any atom is 0.320 e. The molecule has 0 spiro atoms. The molecule has 0 atom stereocenters. The number of aromatic nitrogens is 2.